The molecule has 0 heterocycles. The van der Waals surface area contributed by atoms with Crippen LogP contribution in [0.4, 0.5) is 0 Å². The second-order valence-corrected chi connectivity index (χ2v) is 6.77. The lowest BCUT2D eigenvalue weighted by Crippen LogP contribution is -2.48. The van der Waals surface area contributed by atoms with Crippen molar-refractivity contribution in [1.82, 2.24) is 10.2 Å². The summed E-state index contributed by atoms with van der Waals surface area (Å²) < 4.78 is 10.8. The first kappa shape index (κ1) is 21.6. The smallest absolute Gasteiger partial charge is 0.261 e. The van der Waals surface area contributed by atoms with E-state index in [2.05, 4.69) is 5.32 Å². The Kier molecular flexibility index (Phi) is 7.70. The molecule has 0 aliphatic rings. The molecule has 0 saturated carbocycles. The van der Waals surface area contributed by atoms with Gasteiger partial charge in [-0.3, -0.25) is 9.59 Å². The Hall–Kier alpha value is -2.73. The van der Waals surface area contributed by atoms with E-state index in [1.807, 2.05) is 31.2 Å². The van der Waals surface area contributed by atoms with Crippen molar-refractivity contribution in [2.45, 2.75) is 26.4 Å². The molecule has 1 N–H and O–H groups in total. The summed E-state index contributed by atoms with van der Waals surface area (Å²) in [6, 6.07) is 11.9. The van der Waals surface area contributed by atoms with Crippen molar-refractivity contribution in [2.24, 2.45) is 0 Å². The average Bonchev–Trinajstić information content (AvgIpc) is 2.71. The maximum absolute atomic E-state index is 12.8. The van der Waals surface area contributed by atoms with E-state index < -0.39 is 6.04 Å². The Morgan fingerprint density at radius 2 is 1.79 bits per heavy atom. The van der Waals surface area contributed by atoms with E-state index in [0.717, 1.165) is 16.9 Å². The monoisotopic (exact) mass is 404 g/mol. The Morgan fingerprint density at radius 3 is 2.36 bits per heavy atom. The number of carbonyl (C=O) groups is 2. The van der Waals surface area contributed by atoms with Gasteiger partial charge in [-0.25, -0.2) is 0 Å². The second kappa shape index (κ2) is 9.99. The molecule has 0 aliphatic heterocycles. The van der Waals surface area contributed by atoms with Crippen LogP contribution in [-0.2, 0) is 16.1 Å². The molecular formula is C21H25ClN2O4. The predicted molar refractivity (Wildman–Crippen MR) is 109 cm³/mol. The van der Waals surface area contributed by atoms with Crippen molar-refractivity contribution in [2.75, 3.05) is 20.8 Å². The van der Waals surface area contributed by atoms with Crippen LogP contribution in [0.1, 0.15) is 18.1 Å². The SMILES string of the molecule is CNC(=O)[C@@H](C)N(Cc1ccc(OC)cc1)C(=O)COc1ccc(Cl)c(C)c1. The summed E-state index contributed by atoms with van der Waals surface area (Å²) in [4.78, 5) is 26.4. The van der Waals surface area contributed by atoms with Crippen molar-refractivity contribution < 1.29 is 19.1 Å². The molecule has 0 radical (unpaired) electrons. The Bertz CT molecular complexity index is 824. The predicted octanol–water partition coefficient (Wildman–Crippen LogP) is 3.20. The van der Waals surface area contributed by atoms with Crippen LogP contribution in [0.5, 0.6) is 11.5 Å². The fourth-order valence-corrected chi connectivity index (χ4v) is 2.77. The third-order valence-corrected chi connectivity index (χ3v) is 4.84. The van der Waals surface area contributed by atoms with E-state index >= 15 is 0 Å². The number of halogens is 1. The molecule has 6 nitrogen and oxygen atoms in total. The third kappa shape index (κ3) is 5.63. The molecule has 2 amide bonds. The number of hydrogen-bond donors (Lipinski definition) is 1. The van der Waals surface area contributed by atoms with E-state index in [9.17, 15) is 9.59 Å². The number of aryl methyl sites for hydroxylation is 1. The molecule has 0 fully saturated rings. The molecule has 0 aliphatic carbocycles. The van der Waals surface area contributed by atoms with Gasteiger partial charge in [0, 0.05) is 18.6 Å². The highest BCUT2D eigenvalue weighted by molar-refractivity contribution is 6.31. The summed E-state index contributed by atoms with van der Waals surface area (Å²) in [6.07, 6.45) is 0. The van der Waals surface area contributed by atoms with Crippen molar-refractivity contribution in [3.8, 4) is 11.5 Å². The molecule has 7 heteroatoms. The van der Waals surface area contributed by atoms with Crippen LogP contribution in [0.15, 0.2) is 42.5 Å². The number of rotatable bonds is 8. The van der Waals surface area contributed by atoms with Gasteiger partial charge in [0.25, 0.3) is 5.91 Å². The highest BCUT2D eigenvalue weighted by atomic mass is 35.5. The van der Waals surface area contributed by atoms with E-state index in [0.29, 0.717) is 10.8 Å². The number of ether oxygens (including phenoxy) is 2. The first-order chi connectivity index (χ1) is 13.3. The standard InChI is InChI=1S/C21H25ClN2O4/c1-14-11-18(9-10-19(14)22)28-13-20(25)24(15(2)21(26)23-3)12-16-5-7-17(27-4)8-6-16/h5-11,15H,12-13H2,1-4H3,(H,23,26)/t15-/m1/s1. The van der Waals surface area contributed by atoms with Crippen molar-refractivity contribution in [1.29, 1.82) is 0 Å². The number of nitrogens with one attached hydrogen (secondary N) is 1. The van der Waals surface area contributed by atoms with Crippen LogP contribution in [0.2, 0.25) is 5.02 Å². The van der Waals surface area contributed by atoms with Gasteiger partial charge in [0.15, 0.2) is 6.61 Å². The molecule has 0 aromatic heterocycles. The number of benzene rings is 2. The fraction of sp³-hybridized carbons (Fsp3) is 0.333. The van der Waals surface area contributed by atoms with Crippen molar-refractivity contribution in [3.63, 3.8) is 0 Å². The fourth-order valence-electron chi connectivity index (χ4n) is 2.65. The lowest BCUT2D eigenvalue weighted by molar-refractivity contribution is -0.142. The van der Waals surface area contributed by atoms with E-state index in [1.54, 1.807) is 39.3 Å². The van der Waals surface area contributed by atoms with E-state index in [-0.39, 0.29) is 25.0 Å². The molecule has 1 atom stereocenters. The quantitative estimate of drug-likeness (QED) is 0.733. The van der Waals surface area contributed by atoms with Gasteiger partial charge in [-0.2, -0.15) is 0 Å². The number of nitrogens with zero attached hydrogens (tertiary/aromatic N) is 1. The highest BCUT2D eigenvalue weighted by Crippen LogP contribution is 2.21. The van der Waals surface area contributed by atoms with Crippen LogP contribution < -0.4 is 14.8 Å². The van der Waals surface area contributed by atoms with E-state index in [1.165, 1.54) is 4.90 Å². The Balaban J connectivity index is 2.13. The number of likely N-dealkylation sites (N-methyl/N-ethyl adjacent to an activating group) is 1. The summed E-state index contributed by atoms with van der Waals surface area (Å²) in [5.74, 6) is 0.735. The van der Waals surface area contributed by atoms with Crippen molar-refractivity contribution >= 4 is 23.4 Å². The summed E-state index contributed by atoms with van der Waals surface area (Å²) in [5.41, 5.74) is 1.74. The summed E-state index contributed by atoms with van der Waals surface area (Å²) in [6.45, 7) is 3.65. The van der Waals surface area contributed by atoms with Gasteiger partial charge in [0.05, 0.1) is 7.11 Å². The zero-order valence-electron chi connectivity index (χ0n) is 16.5. The lowest BCUT2D eigenvalue weighted by Gasteiger charge is -2.28. The van der Waals surface area contributed by atoms with Crippen LogP contribution in [0.3, 0.4) is 0 Å². The molecule has 2 aromatic carbocycles. The summed E-state index contributed by atoms with van der Waals surface area (Å²) in [5, 5.41) is 3.22. The molecule has 0 unspecified atom stereocenters. The molecule has 0 spiro atoms. The average molecular weight is 405 g/mol. The lowest BCUT2D eigenvalue weighted by atomic mass is 10.1. The molecule has 150 valence electrons. The minimum Gasteiger partial charge on any atom is -0.497 e. The van der Waals surface area contributed by atoms with Gasteiger partial charge < -0.3 is 19.7 Å². The first-order valence-corrected chi connectivity index (χ1v) is 9.26. The number of amides is 2. The maximum atomic E-state index is 12.8. The Labute approximate surface area is 170 Å². The van der Waals surface area contributed by atoms with Crippen LogP contribution in [-0.4, -0.2) is 43.5 Å². The molecular weight excluding hydrogens is 380 g/mol. The zero-order valence-corrected chi connectivity index (χ0v) is 17.2. The van der Waals surface area contributed by atoms with Gasteiger partial charge in [-0.1, -0.05) is 23.7 Å². The second-order valence-electron chi connectivity index (χ2n) is 6.36. The maximum Gasteiger partial charge on any atom is 0.261 e. The largest absolute Gasteiger partial charge is 0.497 e. The third-order valence-electron chi connectivity index (χ3n) is 4.42. The van der Waals surface area contributed by atoms with Gasteiger partial charge in [0.1, 0.15) is 17.5 Å². The molecule has 0 bridgehead atoms. The van der Waals surface area contributed by atoms with Gasteiger partial charge >= 0.3 is 0 Å². The molecule has 2 rings (SSSR count). The minimum atomic E-state index is -0.643. The first-order valence-electron chi connectivity index (χ1n) is 8.88. The van der Waals surface area contributed by atoms with Gasteiger partial charge in [-0.05, 0) is 55.3 Å². The van der Waals surface area contributed by atoms with Crippen LogP contribution >= 0.6 is 11.6 Å². The van der Waals surface area contributed by atoms with Gasteiger partial charge in [0.2, 0.25) is 5.91 Å². The zero-order chi connectivity index (χ0) is 20.7. The summed E-state index contributed by atoms with van der Waals surface area (Å²) >= 11 is 6.01. The number of methoxy groups -OCH3 is 1. The van der Waals surface area contributed by atoms with Crippen LogP contribution in [0.25, 0.3) is 0 Å². The topological polar surface area (TPSA) is 67.9 Å². The molecule has 0 saturated heterocycles. The number of hydrogen-bond acceptors (Lipinski definition) is 4. The van der Waals surface area contributed by atoms with E-state index in [4.69, 9.17) is 21.1 Å². The number of carbonyl (C=O) groups excluding carboxylic acids is 2. The molecule has 28 heavy (non-hydrogen) atoms. The van der Waals surface area contributed by atoms with Gasteiger partial charge in [-0.15, -0.1) is 0 Å². The highest BCUT2D eigenvalue weighted by Gasteiger charge is 2.25. The van der Waals surface area contributed by atoms with Crippen molar-refractivity contribution in [3.05, 3.63) is 58.6 Å². The molecule has 2 aromatic rings. The minimum absolute atomic E-state index is 0.182. The normalized spacial score (nSPS) is 11.5. The summed E-state index contributed by atoms with van der Waals surface area (Å²) in [7, 11) is 3.14. The van der Waals surface area contributed by atoms with Crippen LogP contribution in [0, 0.1) is 6.92 Å². The Morgan fingerprint density at radius 1 is 1.14 bits per heavy atom.